The highest BCUT2D eigenvalue weighted by Gasteiger charge is 2.42. The van der Waals surface area contributed by atoms with Crippen LogP contribution < -0.4 is 10.6 Å². The molecule has 2 unspecified atom stereocenters. The minimum Gasteiger partial charge on any atom is -0.508 e. The van der Waals surface area contributed by atoms with Gasteiger partial charge < -0.3 is 25.4 Å². The molecule has 190 valence electrons. The molecule has 1 aliphatic rings. The fourth-order valence-corrected chi connectivity index (χ4v) is 4.06. The van der Waals surface area contributed by atoms with Crippen molar-refractivity contribution in [2.24, 2.45) is 0 Å². The minimum atomic E-state index is -1.02. The lowest BCUT2D eigenvalue weighted by Crippen LogP contribution is -2.58. The third kappa shape index (κ3) is 7.82. The van der Waals surface area contributed by atoms with Gasteiger partial charge in [0.25, 0.3) is 0 Å². The number of aromatic hydroxyl groups is 1. The van der Waals surface area contributed by atoms with Gasteiger partial charge in [-0.3, -0.25) is 9.59 Å². The van der Waals surface area contributed by atoms with Crippen molar-refractivity contribution in [2.75, 3.05) is 12.3 Å². The molecule has 1 aliphatic carbocycles. The molecule has 34 heavy (non-hydrogen) atoms. The molecule has 1 fully saturated rings. The lowest BCUT2D eigenvalue weighted by atomic mass is 9.88. The van der Waals surface area contributed by atoms with Crippen LogP contribution in [0, 0.1) is 0 Å². The number of amides is 3. The third-order valence-electron chi connectivity index (χ3n) is 5.73. The second-order valence-corrected chi connectivity index (χ2v) is 10.0. The van der Waals surface area contributed by atoms with E-state index < -0.39 is 29.7 Å². The highest BCUT2D eigenvalue weighted by atomic mass is 32.1. The Kier molecular flexibility index (Phi) is 10.5. The van der Waals surface area contributed by atoms with Crippen LogP contribution >= 0.6 is 12.6 Å². The van der Waals surface area contributed by atoms with Gasteiger partial charge in [-0.2, -0.15) is 12.6 Å². The Bertz CT molecular complexity index is 838. The Hall–Kier alpha value is -2.42. The SMILES string of the molecule is CCCCCNC(=O)C(c1ccccc1O)N(C(=O)C(CS)NC(=O)OC(C)(C)C)C1CCC1. The molecule has 0 aromatic heterocycles. The molecule has 1 saturated carbocycles. The van der Waals surface area contributed by atoms with E-state index in [1.165, 1.54) is 11.0 Å². The predicted molar refractivity (Wildman–Crippen MR) is 135 cm³/mol. The number of hydrogen-bond donors (Lipinski definition) is 4. The first-order valence-corrected chi connectivity index (χ1v) is 12.7. The molecule has 9 heteroatoms. The summed E-state index contributed by atoms with van der Waals surface area (Å²) >= 11 is 4.29. The maximum atomic E-state index is 13.8. The van der Waals surface area contributed by atoms with Crippen LogP contribution in [0.25, 0.3) is 0 Å². The number of nitrogens with zero attached hydrogens (tertiary/aromatic N) is 1. The average Bonchev–Trinajstić information content (AvgIpc) is 2.72. The molecule has 3 amide bonds. The molecule has 0 radical (unpaired) electrons. The summed E-state index contributed by atoms with van der Waals surface area (Å²) in [5, 5.41) is 16.1. The zero-order chi connectivity index (χ0) is 25.3. The molecule has 0 aliphatic heterocycles. The number of nitrogens with one attached hydrogen (secondary N) is 2. The molecular weight excluding hydrogens is 454 g/mol. The summed E-state index contributed by atoms with van der Waals surface area (Å²) in [5.74, 6) is -0.807. The van der Waals surface area contributed by atoms with Gasteiger partial charge in [0.15, 0.2) is 0 Å². The van der Waals surface area contributed by atoms with Gasteiger partial charge in [0.2, 0.25) is 11.8 Å². The molecule has 1 aromatic rings. The van der Waals surface area contributed by atoms with Crippen LogP contribution in [-0.4, -0.2) is 57.9 Å². The van der Waals surface area contributed by atoms with Crippen molar-refractivity contribution in [1.82, 2.24) is 15.5 Å². The molecule has 8 nitrogen and oxygen atoms in total. The number of alkyl carbamates (subject to hydrolysis) is 1. The molecule has 3 N–H and O–H groups in total. The summed E-state index contributed by atoms with van der Waals surface area (Å²) in [6.07, 6.45) is 4.52. The van der Waals surface area contributed by atoms with Gasteiger partial charge in [-0.25, -0.2) is 4.79 Å². The first kappa shape index (κ1) is 27.8. The summed E-state index contributed by atoms with van der Waals surface area (Å²) < 4.78 is 5.31. The molecule has 0 heterocycles. The van der Waals surface area contributed by atoms with E-state index >= 15 is 0 Å². The first-order chi connectivity index (χ1) is 16.1. The lowest BCUT2D eigenvalue weighted by molar-refractivity contribution is -0.147. The van der Waals surface area contributed by atoms with E-state index in [1.54, 1.807) is 39.0 Å². The zero-order valence-corrected chi connectivity index (χ0v) is 21.6. The predicted octanol–water partition coefficient (Wildman–Crippen LogP) is 3.94. The maximum Gasteiger partial charge on any atom is 0.408 e. The van der Waals surface area contributed by atoms with Crippen LogP contribution in [0.1, 0.15) is 77.8 Å². The molecular formula is C25H39N3O5S. The van der Waals surface area contributed by atoms with Crippen LogP contribution in [0.4, 0.5) is 4.79 Å². The molecule has 2 atom stereocenters. The molecule has 1 aromatic carbocycles. The van der Waals surface area contributed by atoms with Gasteiger partial charge in [0.1, 0.15) is 23.4 Å². The van der Waals surface area contributed by atoms with Gasteiger partial charge in [0.05, 0.1) is 0 Å². The fraction of sp³-hybridized carbons (Fsp3) is 0.640. The number of benzene rings is 1. The number of phenols is 1. The quantitative estimate of drug-likeness (QED) is 0.276. The van der Waals surface area contributed by atoms with E-state index in [1.807, 2.05) is 0 Å². The van der Waals surface area contributed by atoms with E-state index in [0.29, 0.717) is 12.1 Å². The Morgan fingerprint density at radius 2 is 1.88 bits per heavy atom. The minimum absolute atomic E-state index is 0.0346. The Morgan fingerprint density at radius 3 is 2.41 bits per heavy atom. The van der Waals surface area contributed by atoms with Gasteiger partial charge in [0, 0.05) is 23.9 Å². The van der Waals surface area contributed by atoms with Crippen LogP contribution in [0.15, 0.2) is 24.3 Å². The molecule has 0 bridgehead atoms. The largest absolute Gasteiger partial charge is 0.508 e. The molecule has 0 saturated heterocycles. The van der Waals surface area contributed by atoms with Crippen LogP contribution in [-0.2, 0) is 14.3 Å². The number of hydrogen-bond acceptors (Lipinski definition) is 6. The van der Waals surface area contributed by atoms with Gasteiger partial charge in [-0.15, -0.1) is 0 Å². The van der Waals surface area contributed by atoms with Crippen molar-refractivity contribution in [2.45, 2.75) is 89.9 Å². The summed E-state index contributed by atoms with van der Waals surface area (Å²) in [7, 11) is 0. The Morgan fingerprint density at radius 1 is 1.21 bits per heavy atom. The van der Waals surface area contributed by atoms with Crippen LogP contribution in [0.5, 0.6) is 5.75 Å². The summed E-state index contributed by atoms with van der Waals surface area (Å²) in [6.45, 7) is 7.78. The van der Waals surface area contributed by atoms with Crippen molar-refractivity contribution in [1.29, 1.82) is 0 Å². The number of unbranched alkanes of at least 4 members (excludes halogenated alkanes) is 2. The topological polar surface area (TPSA) is 108 Å². The number of para-hydroxylation sites is 1. The average molecular weight is 494 g/mol. The van der Waals surface area contributed by atoms with Crippen molar-refractivity contribution in [3.63, 3.8) is 0 Å². The Labute approximate surface area is 208 Å². The third-order valence-corrected chi connectivity index (χ3v) is 6.10. The maximum absolute atomic E-state index is 13.8. The normalized spacial score (nSPS) is 15.6. The monoisotopic (exact) mass is 493 g/mol. The lowest BCUT2D eigenvalue weighted by Gasteiger charge is -2.43. The number of carbonyl (C=O) groups is 3. The number of rotatable bonds is 11. The number of carbonyl (C=O) groups excluding carboxylic acids is 3. The number of thiol groups is 1. The summed E-state index contributed by atoms with van der Waals surface area (Å²) in [6, 6.07) is 4.37. The van der Waals surface area contributed by atoms with E-state index in [4.69, 9.17) is 4.74 Å². The molecule has 0 spiro atoms. The zero-order valence-electron chi connectivity index (χ0n) is 20.7. The van der Waals surface area contributed by atoms with Crippen molar-refractivity contribution >= 4 is 30.5 Å². The van der Waals surface area contributed by atoms with Gasteiger partial charge >= 0.3 is 6.09 Å². The van der Waals surface area contributed by atoms with Crippen molar-refractivity contribution < 1.29 is 24.2 Å². The van der Waals surface area contributed by atoms with Crippen molar-refractivity contribution in [3.8, 4) is 5.75 Å². The second kappa shape index (κ2) is 12.9. The van der Waals surface area contributed by atoms with Gasteiger partial charge in [-0.1, -0.05) is 38.0 Å². The van der Waals surface area contributed by atoms with E-state index in [9.17, 15) is 19.5 Å². The smallest absolute Gasteiger partial charge is 0.408 e. The van der Waals surface area contributed by atoms with E-state index in [2.05, 4.69) is 30.2 Å². The second-order valence-electron chi connectivity index (χ2n) is 9.67. The van der Waals surface area contributed by atoms with Crippen LogP contribution in [0.2, 0.25) is 0 Å². The van der Waals surface area contributed by atoms with E-state index in [0.717, 1.165) is 38.5 Å². The summed E-state index contributed by atoms with van der Waals surface area (Å²) in [5.41, 5.74) is -0.371. The molecule has 2 rings (SSSR count). The Balaban J connectivity index is 2.37. The number of phenolic OH excluding ortho intramolecular Hbond substituents is 1. The van der Waals surface area contributed by atoms with Gasteiger partial charge in [-0.05, 0) is 52.5 Å². The fourth-order valence-electron chi connectivity index (χ4n) is 3.82. The number of ether oxygens (including phenoxy) is 1. The van der Waals surface area contributed by atoms with E-state index in [-0.39, 0.29) is 23.5 Å². The standard InChI is InChI=1S/C25H39N3O5S/c1-5-6-9-15-26-22(30)21(18-13-7-8-14-20(18)29)28(17-11-10-12-17)23(31)19(16-34)27-24(32)33-25(2,3)4/h7-8,13-14,17,19,21,29,34H,5-6,9-12,15-16H2,1-4H3,(H,26,30)(H,27,32). The highest BCUT2D eigenvalue weighted by Crippen LogP contribution is 2.36. The van der Waals surface area contributed by atoms with Crippen LogP contribution in [0.3, 0.4) is 0 Å². The first-order valence-electron chi connectivity index (χ1n) is 12.1. The highest BCUT2D eigenvalue weighted by molar-refractivity contribution is 7.80. The van der Waals surface area contributed by atoms with Crippen molar-refractivity contribution in [3.05, 3.63) is 29.8 Å². The summed E-state index contributed by atoms with van der Waals surface area (Å²) in [4.78, 5) is 41.1.